The van der Waals surface area contributed by atoms with E-state index in [0.717, 1.165) is 25.8 Å². The van der Waals surface area contributed by atoms with E-state index in [9.17, 15) is 9.59 Å². The molecule has 98 valence electrons. The van der Waals surface area contributed by atoms with Gasteiger partial charge >= 0.3 is 11.9 Å². The van der Waals surface area contributed by atoms with E-state index < -0.39 is 0 Å². The van der Waals surface area contributed by atoms with Crippen molar-refractivity contribution in [2.45, 2.75) is 44.7 Å². The molecular formula is C12H21NO4. The van der Waals surface area contributed by atoms with Crippen LogP contribution < -0.4 is 0 Å². The molecule has 2 unspecified atom stereocenters. The summed E-state index contributed by atoms with van der Waals surface area (Å²) < 4.78 is 9.46. The van der Waals surface area contributed by atoms with Gasteiger partial charge in [0.2, 0.25) is 0 Å². The molecule has 0 N–H and O–H groups in total. The van der Waals surface area contributed by atoms with Crippen LogP contribution in [-0.2, 0) is 19.1 Å². The van der Waals surface area contributed by atoms with E-state index in [2.05, 4.69) is 4.74 Å². The van der Waals surface area contributed by atoms with Crippen LogP contribution >= 0.6 is 0 Å². The highest BCUT2D eigenvalue weighted by Gasteiger charge is 2.33. The summed E-state index contributed by atoms with van der Waals surface area (Å²) >= 11 is 0. The van der Waals surface area contributed by atoms with Crippen LogP contribution in [-0.4, -0.2) is 49.7 Å². The number of carbonyl (C=O) groups excluding carboxylic acids is 2. The number of carbonyl (C=O) groups is 2. The Balaban J connectivity index is 2.63. The van der Waals surface area contributed by atoms with Crippen molar-refractivity contribution in [3.63, 3.8) is 0 Å². The van der Waals surface area contributed by atoms with Crippen LogP contribution in [0.1, 0.15) is 32.6 Å². The maximum absolute atomic E-state index is 11.7. The first-order valence-electron chi connectivity index (χ1n) is 6.00. The molecule has 0 radical (unpaired) electrons. The topological polar surface area (TPSA) is 55.8 Å². The molecule has 1 fully saturated rings. The third-order valence-corrected chi connectivity index (χ3v) is 3.27. The molecule has 17 heavy (non-hydrogen) atoms. The van der Waals surface area contributed by atoms with Crippen LogP contribution in [0.15, 0.2) is 0 Å². The normalized spacial score (nSPS) is 22.9. The number of hydrogen-bond acceptors (Lipinski definition) is 5. The van der Waals surface area contributed by atoms with Crippen molar-refractivity contribution in [1.29, 1.82) is 0 Å². The molecule has 1 aliphatic rings. The molecule has 1 aliphatic heterocycles. The van der Waals surface area contributed by atoms with Crippen LogP contribution in [0.2, 0.25) is 0 Å². The summed E-state index contributed by atoms with van der Waals surface area (Å²) in [7, 11) is 2.78. The van der Waals surface area contributed by atoms with Gasteiger partial charge in [-0.15, -0.1) is 0 Å². The third-order valence-electron chi connectivity index (χ3n) is 3.27. The zero-order valence-electron chi connectivity index (χ0n) is 10.8. The summed E-state index contributed by atoms with van der Waals surface area (Å²) in [6.07, 6.45) is 3.20. The van der Waals surface area contributed by atoms with E-state index in [1.807, 2.05) is 11.8 Å². The van der Waals surface area contributed by atoms with Crippen molar-refractivity contribution in [1.82, 2.24) is 4.90 Å². The van der Waals surface area contributed by atoms with Gasteiger partial charge in [0.15, 0.2) is 0 Å². The Bertz CT molecular complexity index is 280. The molecule has 0 aliphatic carbocycles. The van der Waals surface area contributed by atoms with Gasteiger partial charge in [-0.2, -0.15) is 0 Å². The summed E-state index contributed by atoms with van der Waals surface area (Å²) in [5.41, 5.74) is 0. The molecule has 0 bridgehead atoms. The summed E-state index contributed by atoms with van der Waals surface area (Å²) in [6.45, 7) is 2.77. The maximum Gasteiger partial charge on any atom is 0.323 e. The highest BCUT2D eigenvalue weighted by molar-refractivity contribution is 5.76. The monoisotopic (exact) mass is 243 g/mol. The molecule has 5 nitrogen and oxygen atoms in total. The fourth-order valence-corrected chi connectivity index (χ4v) is 2.31. The first-order valence-corrected chi connectivity index (χ1v) is 6.00. The molecule has 0 aromatic rings. The van der Waals surface area contributed by atoms with Gasteiger partial charge in [-0.05, 0) is 26.3 Å². The zero-order chi connectivity index (χ0) is 12.8. The lowest BCUT2D eigenvalue weighted by molar-refractivity contribution is -0.151. The van der Waals surface area contributed by atoms with Gasteiger partial charge in [0, 0.05) is 6.04 Å². The van der Waals surface area contributed by atoms with Gasteiger partial charge in [0.1, 0.15) is 6.04 Å². The molecule has 0 amide bonds. The Morgan fingerprint density at radius 1 is 1.29 bits per heavy atom. The number of methoxy groups -OCH3 is 2. The Kier molecular flexibility index (Phi) is 5.41. The van der Waals surface area contributed by atoms with E-state index in [-0.39, 0.29) is 24.0 Å². The summed E-state index contributed by atoms with van der Waals surface area (Å²) in [5.74, 6) is -0.451. The first-order chi connectivity index (χ1) is 8.10. The Morgan fingerprint density at radius 3 is 2.59 bits per heavy atom. The SMILES string of the molecule is COC(=O)CC(C)N1CCCCC1C(=O)OC. The third kappa shape index (κ3) is 3.70. The Labute approximate surface area is 102 Å². The van der Waals surface area contributed by atoms with E-state index in [1.54, 1.807) is 0 Å². The van der Waals surface area contributed by atoms with E-state index >= 15 is 0 Å². The Hall–Kier alpha value is -1.10. The summed E-state index contributed by atoms with van der Waals surface area (Å²) in [5, 5.41) is 0. The molecular weight excluding hydrogens is 222 g/mol. The fourth-order valence-electron chi connectivity index (χ4n) is 2.31. The second-order valence-corrected chi connectivity index (χ2v) is 4.40. The van der Waals surface area contributed by atoms with Crippen molar-refractivity contribution in [2.75, 3.05) is 20.8 Å². The summed E-state index contributed by atoms with van der Waals surface area (Å²) in [6, 6.07) is -0.208. The second-order valence-electron chi connectivity index (χ2n) is 4.40. The van der Waals surface area contributed by atoms with Crippen molar-refractivity contribution >= 4 is 11.9 Å². The van der Waals surface area contributed by atoms with Crippen molar-refractivity contribution in [3.8, 4) is 0 Å². The molecule has 1 saturated heterocycles. The van der Waals surface area contributed by atoms with Gasteiger partial charge in [-0.3, -0.25) is 14.5 Å². The Morgan fingerprint density at radius 2 is 2.00 bits per heavy atom. The van der Waals surface area contributed by atoms with Crippen LogP contribution in [0, 0.1) is 0 Å². The van der Waals surface area contributed by atoms with Crippen LogP contribution in [0.4, 0.5) is 0 Å². The predicted molar refractivity (Wildman–Crippen MR) is 62.5 cm³/mol. The lowest BCUT2D eigenvalue weighted by Gasteiger charge is -2.37. The average Bonchev–Trinajstić information content (AvgIpc) is 2.37. The number of likely N-dealkylation sites (tertiary alicyclic amines) is 1. The molecule has 0 aromatic heterocycles. The predicted octanol–water partition coefficient (Wildman–Crippen LogP) is 0.966. The van der Waals surface area contributed by atoms with Crippen molar-refractivity contribution in [3.05, 3.63) is 0 Å². The van der Waals surface area contributed by atoms with E-state index in [4.69, 9.17) is 4.74 Å². The largest absolute Gasteiger partial charge is 0.469 e. The van der Waals surface area contributed by atoms with Crippen molar-refractivity contribution in [2.24, 2.45) is 0 Å². The minimum absolute atomic E-state index is 0.00634. The van der Waals surface area contributed by atoms with Gasteiger partial charge < -0.3 is 9.47 Å². The second kappa shape index (κ2) is 6.59. The van der Waals surface area contributed by atoms with E-state index in [0.29, 0.717) is 6.42 Å². The van der Waals surface area contributed by atoms with Gasteiger partial charge in [0.05, 0.1) is 20.6 Å². The van der Waals surface area contributed by atoms with Crippen molar-refractivity contribution < 1.29 is 19.1 Å². The smallest absolute Gasteiger partial charge is 0.323 e. The van der Waals surface area contributed by atoms with Crippen LogP contribution in [0.5, 0.6) is 0 Å². The zero-order valence-corrected chi connectivity index (χ0v) is 10.8. The number of ether oxygens (including phenoxy) is 2. The minimum Gasteiger partial charge on any atom is -0.469 e. The maximum atomic E-state index is 11.7. The average molecular weight is 243 g/mol. The lowest BCUT2D eigenvalue weighted by atomic mass is 9.99. The number of nitrogens with zero attached hydrogens (tertiary/aromatic N) is 1. The molecule has 0 spiro atoms. The number of esters is 2. The molecule has 1 rings (SSSR count). The van der Waals surface area contributed by atoms with Gasteiger partial charge in [-0.1, -0.05) is 6.42 Å². The fraction of sp³-hybridized carbons (Fsp3) is 0.833. The highest BCUT2D eigenvalue weighted by atomic mass is 16.5. The number of hydrogen-bond donors (Lipinski definition) is 0. The summed E-state index contributed by atoms with van der Waals surface area (Å²) in [4.78, 5) is 25.0. The number of rotatable bonds is 4. The molecule has 2 atom stereocenters. The molecule has 0 aromatic carbocycles. The minimum atomic E-state index is -0.244. The van der Waals surface area contributed by atoms with E-state index in [1.165, 1.54) is 14.2 Å². The van der Waals surface area contributed by atoms with Crippen LogP contribution in [0.25, 0.3) is 0 Å². The quantitative estimate of drug-likeness (QED) is 0.688. The molecule has 0 saturated carbocycles. The highest BCUT2D eigenvalue weighted by Crippen LogP contribution is 2.22. The first kappa shape index (κ1) is 14.0. The van der Waals surface area contributed by atoms with Gasteiger partial charge in [0.25, 0.3) is 0 Å². The lowest BCUT2D eigenvalue weighted by Crippen LogP contribution is -2.50. The number of piperidine rings is 1. The molecule has 5 heteroatoms. The van der Waals surface area contributed by atoms with Crippen LogP contribution in [0.3, 0.4) is 0 Å². The van der Waals surface area contributed by atoms with Gasteiger partial charge in [-0.25, -0.2) is 0 Å². The molecule has 1 heterocycles. The standard InChI is InChI=1S/C12H21NO4/c1-9(8-11(14)16-2)13-7-5-4-6-10(13)12(15)17-3/h9-10H,4-8H2,1-3H3.